The molecule has 0 unspecified atom stereocenters. The number of hydrogen-bond donors (Lipinski definition) is 3. The van der Waals surface area contributed by atoms with Crippen LogP contribution in [-0.4, -0.2) is 223 Å². The maximum atomic E-state index is 13.2. The van der Waals surface area contributed by atoms with Crippen molar-refractivity contribution in [1.29, 1.82) is 0 Å². The van der Waals surface area contributed by atoms with Crippen LogP contribution in [0, 0.1) is 0 Å². The molecule has 4 aliphatic heterocycles. The number of nitrogens with one attached hydrogen (secondary N) is 1. The van der Waals surface area contributed by atoms with Crippen molar-refractivity contribution in [3.63, 3.8) is 0 Å². The quantitative estimate of drug-likeness (QED) is 0.0950. The van der Waals surface area contributed by atoms with E-state index in [1.54, 1.807) is 12.4 Å². The van der Waals surface area contributed by atoms with Crippen molar-refractivity contribution in [2.45, 2.75) is 24.3 Å². The molecule has 88 heavy (non-hydrogen) atoms. The monoisotopic (exact) mass is 1180 g/mol. The Morgan fingerprint density at radius 2 is 0.818 bits per heavy atom. The van der Waals surface area contributed by atoms with E-state index < -0.39 is 18.2 Å². The summed E-state index contributed by atoms with van der Waals surface area (Å²) in [5.41, 5.74) is 7.08. The van der Waals surface area contributed by atoms with Crippen molar-refractivity contribution in [2.75, 3.05) is 144 Å². The summed E-state index contributed by atoms with van der Waals surface area (Å²) in [6.45, 7) is 15.5. The maximum absolute atomic E-state index is 13.2. The van der Waals surface area contributed by atoms with E-state index in [0.29, 0.717) is 44.5 Å². The number of amides is 1. The van der Waals surface area contributed by atoms with Crippen LogP contribution in [0.15, 0.2) is 194 Å². The summed E-state index contributed by atoms with van der Waals surface area (Å²) >= 11 is 0. The Labute approximate surface area is 530 Å². The number of piperazine rings is 4. The van der Waals surface area contributed by atoms with E-state index in [9.17, 15) is 24.9 Å². The number of rotatable bonds is 20. The standard InChI is InChI=1S/C35H41N5O3.C18H23N3O4.C17H20N2.Li/c41-30(27-43-33-15-7-14-32-31(33)13-8-16-36-32)25-37-17-19-38(20-18-37)26-34(42)39-21-23-40(24-22-39)35(28-9-3-1-4-10-28)29-11-5-2-6-12-29;22-14(11-20-7-9-21(10-8-20)12-18(23)24)13-25-17-5-1-4-16-15(17)3-2-6-19-16;1-3-7-15(8-4-1)17(16-9-5-2-6-10-16)19-13-11-18-12-14-19;/h1-16,30,35,41H,17-27H2;1-6,14,22H,7-13H2,(H,23,24);1-10,17-18H,11-14H2;/q;;;+1/p-1/t30-;14-;;/m11../s1. The first-order valence-electron chi connectivity index (χ1n) is 30.8. The van der Waals surface area contributed by atoms with Gasteiger partial charge >= 0.3 is 18.9 Å². The first-order valence-corrected chi connectivity index (χ1v) is 30.8. The van der Waals surface area contributed by atoms with Gasteiger partial charge in [-0.3, -0.25) is 44.2 Å². The summed E-state index contributed by atoms with van der Waals surface area (Å²) in [7, 11) is 0. The number of aromatic nitrogens is 2. The fourth-order valence-corrected chi connectivity index (χ4v) is 12.1. The van der Waals surface area contributed by atoms with Gasteiger partial charge in [0.2, 0.25) is 5.91 Å². The van der Waals surface area contributed by atoms with Gasteiger partial charge in [-0.05, 0) is 70.8 Å². The van der Waals surface area contributed by atoms with Crippen molar-refractivity contribution in [3.05, 3.63) is 217 Å². The molecule has 0 radical (unpaired) electrons. The molecule has 1 amide bonds. The average molecular weight is 1180 g/mol. The molecule has 4 fully saturated rings. The van der Waals surface area contributed by atoms with Gasteiger partial charge in [-0.25, -0.2) is 0 Å². The number of aliphatic hydroxyl groups is 2. The number of pyridine rings is 2. The van der Waals surface area contributed by atoms with Crippen LogP contribution >= 0.6 is 0 Å². The topological polar surface area (TPSA) is 177 Å². The van der Waals surface area contributed by atoms with Crippen LogP contribution in [0.2, 0.25) is 0 Å². The van der Waals surface area contributed by atoms with E-state index in [1.165, 1.54) is 22.3 Å². The normalized spacial score (nSPS) is 17.2. The number of carboxylic acid groups (broad SMARTS) is 1. The Morgan fingerprint density at radius 1 is 0.443 bits per heavy atom. The number of carbonyl (C=O) groups excluding carboxylic acids is 2. The van der Waals surface area contributed by atoms with Gasteiger partial charge in [0.05, 0.1) is 35.6 Å². The Balaban J connectivity index is 0.000000173. The van der Waals surface area contributed by atoms with Gasteiger partial charge in [-0.1, -0.05) is 133 Å². The van der Waals surface area contributed by atoms with Crippen LogP contribution < -0.4 is 38.8 Å². The predicted molar refractivity (Wildman–Crippen MR) is 339 cm³/mol. The second-order valence-corrected chi connectivity index (χ2v) is 22.8. The first kappa shape index (κ1) is 65.4. The molecule has 2 atom stereocenters. The van der Waals surface area contributed by atoms with Gasteiger partial charge in [0.1, 0.15) is 36.9 Å². The Kier molecular flexibility index (Phi) is 25.3. The Hall–Kier alpha value is -7.08. The molecule has 12 rings (SSSR count). The molecule has 4 saturated heterocycles. The van der Waals surface area contributed by atoms with Crippen molar-refractivity contribution in [1.82, 2.24) is 49.6 Å². The molecule has 18 heteroatoms. The zero-order valence-electron chi connectivity index (χ0n) is 50.8. The van der Waals surface area contributed by atoms with Crippen LogP contribution in [-0.2, 0) is 9.59 Å². The van der Waals surface area contributed by atoms with Gasteiger partial charge in [-0.2, -0.15) is 0 Å². The molecule has 0 aliphatic carbocycles. The van der Waals surface area contributed by atoms with Gasteiger partial charge in [0, 0.05) is 148 Å². The summed E-state index contributed by atoms with van der Waals surface area (Å²) < 4.78 is 11.7. The van der Waals surface area contributed by atoms with Gasteiger partial charge in [-0.15, -0.1) is 0 Å². The number of β-amino-alcohol motifs (C(OH)–C–C–N with tert-alkyl or cyclic N) is 2. The second kappa shape index (κ2) is 34.0. The summed E-state index contributed by atoms with van der Waals surface area (Å²) in [5, 5.41) is 36.8. The fraction of sp³-hybridized carbons (Fsp3) is 0.371. The minimum atomic E-state index is -1.05. The molecule has 6 heterocycles. The SMILES string of the molecule is O=C(CN1CCN(C[C@@H](O)COc2cccc3ncccc23)CC1)N1CCN(C(c2ccccc2)c2ccccc2)CC1.O=C([O-])CN1CCN(C[C@@H](O)COc2cccc3ncccc23)CC1.[Li+].c1ccc(C(c2ccccc2)N2CCNCC2)cc1. The number of hydrogen-bond acceptors (Lipinski definition) is 16. The predicted octanol–water partition coefficient (Wildman–Crippen LogP) is 2.55. The molecule has 6 aromatic carbocycles. The van der Waals surface area contributed by atoms with Crippen LogP contribution in [0.25, 0.3) is 21.8 Å². The third-order valence-electron chi connectivity index (χ3n) is 16.7. The molecule has 0 bridgehead atoms. The number of nitrogens with zero attached hydrogens (tertiary/aromatic N) is 9. The molecule has 0 spiro atoms. The van der Waals surface area contributed by atoms with E-state index in [0.717, 1.165) is 119 Å². The zero-order valence-corrected chi connectivity index (χ0v) is 50.8. The molecule has 0 saturated carbocycles. The number of benzene rings is 6. The summed E-state index contributed by atoms with van der Waals surface area (Å²) in [6.07, 6.45) is 2.30. The molecule has 8 aromatic rings. The fourth-order valence-electron chi connectivity index (χ4n) is 12.1. The summed E-state index contributed by atoms with van der Waals surface area (Å²) in [5.74, 6) is 0.612. The number of ether oxygens (including phenoxy) is 2. The number of aliphatic hydroxyl groups excluding tert-OH is 2. The number of fused-ring (bicyclic) bond motifs is 2. The van der Waals surface area contributed by atoms with Gasteiger partial charge < -0.3 is 39.8 Å². The van der Waals surface area contributed by atoms with Crippen LogP contribution in [0.3, 0.4) is 0 Å². The minimum Gasteiger partial charge on any atom is -0.549 e. The van der Waals surface area contributed by atoms with Crippen LogP contribution in [0.1, 0.15) is 34.3 Å². The number of aliphatic carboxylic acids is 1. The number of carbonyl (C=O) groups is 2. The molecule has 17 nitrogen and oxygen atoms in total. The molecular weight excluding hydrogens is 1100 g/mol. The molecule has 4 aliphatic rings. The van der Waals surface area contributed by atoms with Crippen molar-refractivity contribution in [3.8, 4) is 11.5 Å². The molecule has 2 aromatic heterocycles. The maximum Gasteiger partial charge on any atom is 1.00 e. The van der Waals surface area contributed by atoms with E-state index in [2.05, 4.69) is 161 Å². The first-order chi connectivity index (χ1) is 42.7. The zero-order chi connectivity index (χ0) is 60.0. The molecule has 456 valence electrons. The summed E-state index contributed by atoms with van der Waals surface area (Å²) in [6, 6.07) is 62.7. The van der Waals surface area contributed by atoms with E-state index in [-0.39, 0.29) is 50.6 Å². The Morgan fingerprint density at radius 3 is 1.22 bits per heavy atom. The van der Waals surface area contributed by atoms with Gasteiger partial charge in [0.15, 0.2) is 0 Å². The van der Waals surface area contributed by atoms with Crippen LogP contribution in [0.4, 0.5) is 0 Å². The Bertz CT molecular complexity index is 3240. The summed E-state index contributed by atoms with van der Waals surface area (Å²) in [4.78, 5) is 48.1. The van der Waals surface area contributed by atoms with Crippen molar-refractivity contribution >= 4 is 33.7 Å². The largest absolute Gasteiger partial charge is 1.00 e. The van der Waals surface area contributed by atoms with E-state index in [1.807, 2.05) is 70.5 Å². The second-order valence-electron chi connectivity index (χ2n) is 22.8. The van der Waals surface area contributed by atoms with E-state index >= 15 is 0 Å². The van der Waals surface area contributed by atoms with E-state index in [4.69, 9.17) is 9.47 Å². The van der Waals surface area contributed by atoms with Gasteiger partial charge in [0.25, 0.3) is 0 Å². The van der Waals surface area contributed by atoms with Crippen molar-refractivity contribution < 1.29 is 53.2 Å². The third kappa shape index (κ3) is 19.0. The molecular formula is C70H83LiN10O7. The average Bonchev–Trinajstić information content (AvgIpc) is 3.77. The minimum absolute atomic E-state index is 0. The molecule has 3 N–H and O–H groups in total. The van der Waals surface area contributed by atoms with Crippen LogP contribution in [0.5, 0.6) is 11.5 Å². The number of carboxylic acids is 1. The van der Waals surface area contributed by atoms with Crippen molar-refractivity contribution in [2.24, 2.45) is 0 Å². The smallest absolute Gasteiger partial charge is 0.549 e. The third-order valence-corrected chi connectivity index (χ3v) is 16.7.